The highest BCUT2D eigenvalue weighted by Crippen LogP contribution is 2.47. The second-order valence-electron chi connectivity index (χ2n) is 6.56. The Morgan fingerprint density at radius 3 is 2.53 bits per heavy atom. The van der Waals surface area contributed by atoms with Crippen LogP contribution in [-0.4, -0.2) is 47.6 Å². The van der Waals surface area contributed by atoms with E-state index >= 15 is 0 Å². The quantitative estimate of drug-likeness (QED) is 0.645. The van der Waals surface area contributed by atoms with Gasteiger partial charge in [0.05, 0.1) is 43.7 Å². The molecule has 0 saturated carbocycles. The molecule has 3 aromatic rings. The fourth-order valence-electron chi connectivity index (χ4n) is 3.40. The van der Waals surface area contributed by atoms with Crippen LogP contribution >= 0.6 is 11.8 Å². The summed E-state index contributed by atoms with van der Waals surface area (Å²) in [6.07, 6.45) is 1.67. The van der Waals surface area contributed by atoms with Crippen LogP contribution in [0.5, 0.6) is 23.0 Å². The fourth-order valence-corrected chi connectivity index (χ4v) is 4.50. The molecule has 0 saturated heterocycles. The molecule has 0 bridgehead atoms. The van der Waals surface area contributed by atoms with Gasteiger partial charge in [-0.1, -0.05) is 6.07 Å². The van der Waals surface area contributed by atoms with Gasteiger partial charge in [0, 0.05) is 6.07 Å². The van der Waals surface area contributed by atoms with E-state index in [1.165, 1.54) is 26.0 Å². The summed E-state index contributed by atoms with van der Waals surface area (Å²) in [5.41, 5.74) is 2.46. The highest BCUT2D eigenvalue weighted by Gasteiger charge is 2.30. The predicted octanol–water partition coefficient (Wildman–Crippen LogP) is 3.38. The molecule has 0 aliphatic carbocycles. The van der Waals surface area contributed by atoms with E-state index < -0.39 is 0 Å². The molecule has 4 rings (SSSR count). The molecule has 1 aliphatic rings. The molecule has 156 valence electrons. The lowest BCUT2D eigenvalue weighted by molar-refractivity contribution is -0.113. The third-order valence-corrected chi connectivity index (χ3v) is 6.09. The molecule has 0 fully saturated rings. The van der Waals surface area contributed by atoms with E-state index in [4.69, 9.17) is 14.2 Å². The number of hydrogen-bond donors (Lipinski definition) is 2. The zero-order chi connectivity index (χ0) is 21.3. The Balaban J connectivity index is 1.90. The van der Waals surface area contributed by atoms with Crippen LogP contribution in [-0.2, 0) is 4.79 Å². The molecule has 1 aromatic heterocycles. The second-order valence-corrected chi connectivity index (χ2v) is 7.66. The van der Waals surface area contributed by atoms with E-state index in [1.807, 2.05) is 28.8 Å². The zero-order valence-electron chi connectivity index (χ0n) is 16.7. The van der Waals surface area contributed by atoms with E-state index in [9.17, 15) is 9.90 Å². The molecular weight excluding hydrogens is 406 g/mol. The van der Waals surface area contributed by atoms with Gasteiger partial charge < -0.3 is 24.6 Å². The average Bonchev–Trinajstić information content (AvgIpc) is 3.10. The van der Waals surface area contributed by atoms with Gasteiger partial charge in [-0.3, -0.25) is 9.36 Å². The summed E-state index contributed by atoms with van der Waals surface area (Å²) in [5.74, 6) is 1.85. The number of amides is 1. The van der Waals surface area contributed by atoms with Gasteiger partial charge in [-0.25, -0.2) is 4.98 Å². The highest BCUT2D eigenvalue weighted by atomic mass is 32.2. The second kappa shape index (κ2) is 8.19. The number of nitrogens with one attached hydrogen (secondary N) is 1. The lowest BCUT2D eigenvalue weighted by Crippen LogP contribution is -2.12. The Morgan fingerprint density at radius 2 is 1.87 bits per heavy atom. The van der Waals surface area contributed by atoms with Crippen molar-refractivity contribution in [1.29, 1.82) is 0 Å². The van der Waals surface area contributed by atoms with Crippen LogP contribution in [0.3, 0.4) is 0 Å². The normalized spacial score (nSPS) is 15.7. The lowest BCUT2D eigenvalue weighted by Gasteiger charge is -2.20. The number of aromatic hydroxyl groups is 1. The average molecular weight is 427 g/mol. The Bertz CT molecular complexity index is 1070. The summed E-state index contributed by atoms with van der Waals surface area (Å²) in [4.78, 5) is 16.7. The molecule has 1 aliphatic heterocycles. The van der Waals surface area contributed by atoms with Crippen LogP contribution in [0.15, 0.2) is 42.7 Å². The van der Waals surface area contributed by atoms with Gasteiger partial charge in [0.25, 0.3) is 0 Å². The van der Waals surface area contributed by atoms with Crippen LogP contribution in [0.2, 0.25) is 0 Å². The number of benzene rings is 2. The van der Waals surface area contributed by atoms with Gasteiger partial charge in [0.15, 0.2) is 17.3 Å². The number of phenols is 1. The van der Waals surface area contributed by atoms with Gasteiger partial charge in [-0.15, -0.1) is 11.8 Å². The monoisotopic (exact) mass is 427 g/mol. The Kier molecular flexibility index (Phi) is 5.45. The molecule has 30 heavy (non-hydrogen) atoms. The minimum Gasteiger partial charge on any atom is -0.502 e. The number of methoxy groups -OCH3 is 3. The van der Waals surface area contributed by atoms with Crippen LogP contribution < -0.4 is 19.5 Å². The third kappa shape index (κ3) is 3.52. The number of rotatable bonds is 5. The number of phenolic OH excluding ortho intramolecular Hbond substituents is 1. The summed E-state index contributed by atoms with van der Waals surface area (Å²) < 4.78 is 17.9. The zero-order valence-corrected chi connectivity index (χ0v) is 17.5. The molecule has 2 heterocycles. The van der Waals surface area contributed by atoms with Crippen molar-refractivity contribution in [2.75, 3.05) is 32.4 Å². The maximum Gasteiger partial charge on any atom is 0.235 e. The van der Waals surface area contributed by atoms with E-state index in [0.29, 0.717) is 23.1 Å². The van der Waals surface area contributed by atoms with E-state index in [-0.39, 0.29) is 22.7 Å². The molecule has 1 amide bonds. The smallest absolute Gasteiger partial charge is 0.235 e. The molecular formula is C21H21N3O5S. The predicted molar refractivity (Wildman–Crippen MR) is 114 cm³/mol. The number of nitrogens with zero attached hydrogens (tertiary/aromatic N) is 2. The molecule has 8 nitrogen and oxygen atoms in total. The Hall–Kier alpha value is -3.33. The Labute approximate surface area is 177 Å². The topological polar surface area (TPSA) is 94.8 Å². The number of imidazole rings is 1. The summed E-state index contributed by atoms with van der Waals surface area (Å²) in [6.45, 7) is 0. The van der Waals surface area contributed by atoms with Crippen molar-refractivity contribution in [2.45, 2.75) is 5.25 Å². The van der Waals surface area contributed by atoms with Gasteiger partial charge >= 0.3 is 0 Å². The van der Waals surface area contributed by atoms with Crippen molar-refractivity contribution in [3.8, 4) is 28.7 Å². The first-order chi connectivity index (χ1) is 14.5. The maximum atomic E-state index is 12.3. The maximum absolute atomic E-state index is 12.3. The van der Waals surface area contributed by atoms with Crippen LogP contribution in [0.25, 0.3) is 5.69 Å². The first kappa shape index (κ1) is 20.0. The number of carbonyl (C=O) groups is 1. The molecule has 2 aromatic carbocycles. The van der Waals surface area contributed by atoms with Crippen molar-refractivity contribution in [3.05, 3.63) is 54.0 Å². The minimum absolute atomic E-state index is 0.0712. The van der Waals surface area contributed by atoms with Crippen LogP contribution in [0.4, 0.5) is 5.82 Å². The van der Waals surface area contributed by atoms with Crippen molar-refractivity contribution >= 4 is 23.5 Å². The van der Waals surface area contributed by atoms with E-state index in [1.54, 1.807) is 25.6 Å². The number of carbonyl (C=O) groups excluding carboxylic acids is 1. The largest absolute Gasteiger partial charge is 0.502 e. The molecule has 0 radical (unpaired) electrons. The summed E-state index contributed by atoms with van der Waals surface area (Å²) >= 11 is 1.46. The standard InChI is InChI=1S/C21H21N3O5S/c1-27-14-6-4-5-13(9-14)24-11-22-21-18(24)20(30-10-17(25)23-21)12-7-15(28-2)19(26)16(8-12)29-3/h4-9,11,20,26H,10H2,1-3H3,(H,23,25)/t20-/m0/s1. The molecule has 9 heteroatoms. The first-order valence-electron chi connectivity index (χ1n) is 9.13. The summed E-state index contributed by atoms with van der Waals surface area (Å²) in [5, 5.41) is 12.9. The fraction of sp³-hybridized carbons (Fsp3) is 0.238. The molecule has 0 unspecified atom stereocenters. The van der Waals surface area contributed by atoms with Gasteiger partial charge in [-0.2, -0.15) is 0 Å². The van der Waals surface area contributed by atoms with Crippen molar-refractivity contribution in [3.63, 3.8) is 0 Å². The van der Waals surface area contributed by atoms with Gasteiger partial charge in [-0.05, 0) is 29.8 Å². The number of thioether (sulfide) groups is 1. The van der Waals surface area contributed by atoms with Gasteiger partial charge in [0.1, 0.15) is 12.1 Å². The lowest BCUT2D eigenvalue weighted by atomic mass is 10.1. The van der Waals surface area contributed by atoms with Crippen LogP contribution in [0.1, 0.15) is 16.5 Å². The number of ether oxygens (including phenoxy) is 3. The van der Waals surface area contributed by atoms with Crippen molar-refractivity contribution in [2.24, 2.45) is 0 Å². The summed E-state index contributed by atoms with van der Waals surface area (Å²) in [6, 6.07) is 11.1. The third-order valence-electron chi connectivity index (χ3n) is 4.83. The first-order valence-corrected chi connectivity index (χ1v) is 10.2. The van der Waals surface area contributed by atoms with Crippen molar-refractivity contribution in [1.82, 2.24) is 9.55 Å². The van der Waals surface area contributed by atoms with Crippen LogP contribution in [0, 0.1) is 0 Å². The Morgan fingerprint density at radius 1 is 1.13 bits per heavy atom. The highest BCUT2D eigenvalue weighted by molar-refractivity contribution is 8.00. The SMILES string of the molecule is COc1cccc(-n2cnc3c2[C@H](c2cc(OC)c(O)c(OC)c2)SCC(=O)N3)c1. The van der Waals surface area contributed by atoms with Gasteiger partial charge in [0.2, 0.25) is 11.7 Å². The molecule has 0 spiro atoms. The molecule has 2 N–H and O–H groups in total. The van der Waals surface area contributed by atoms with E-state index in [2.05, 4.69) is 10.3 Å². The number of aromatic nitrogens is 2. The summed E-state index contributed by atoms with van der Waals surface area (Å²) in [7, 11) is 4.58. The number of hydrogen-bond acceptors (Lipinski definition) is 7. The minimum atomic E-state index is -0.268. The molecule has 1 atom stereocenters. The van der Waals surface area contributed by atoms with E-state index in [0.717, 1.165) is 16.9 Å². The van der Waals surface area contributed by atoms with Crippen molar-refractivity contribution < 1.29 is 24.1 Å². The number of anilines is 1. The number of fused-ring (bicyclic) bond motifs is 1.